The lowest BCUT2D eigenvalue weighted by Gasteiger charge is -2.41. The number of hydrogen-bond donors (Lipinski definition) is 8. The maximum Gasteiger partial charge on any atom is 0.481 e. The van der Waals surface area contributed by atoms with Gasteiger partial charge < -0.3 is 55.3 Å². The number of fused-ring (bicyclic) bond motifs is 3. The molecule has 23 heteroatoms. The molecule has 0 aromatic carbocycles. The monoisotopic (exact) mass is 1100 g/mol. The highest BCUT2D eigenvalue weighted by molar-refractivity contribution is 7.61. The third kappa shape index (κ3) is 26.6. The average Bonchev–Trinajstić information content (AvgIpc) is 3.32. The first-order valence-corrected chi connectivity index (χ1v) is 30.3. The number of carbonyl (C=O) groups is 2. The van der Waals surface area contributed by atoms with Gasteiger partial charge in [0.05, 0.1) is 37.6 Å². The summed E-state index contributed by atoms with van der Waals surface area (Å²) in [4.78, 5) is 64.3. The van der Waals surface area contributed by atoms with Crippen LogP contribution in [0.2, 0.25) is 0 Å². The summed E-state index contributed by atoms with van der Waals surface area (Å²) in [7, 11) is -11.3. The number of carbonyl (C=O) groups excluding carboxylic acids is 2. The Morgan fingerprint density at radius 2 is 1.42 bits per heavy atom. The van der Waals surface area contributed by atoms with E-state index in [1.807, 2.05) is 6.92 Å². The van der Waals surface area contributed by atoms with Crippen LogP contribution in [-0.2, 0) is 46.3 Å². The Kier molecular flexibility index (Phi) is 31.7. The molecular formula is C51H91N3O18P2. The number of esters is 2. The van der Waals surface area contributed by atoms with E-state index in [1.54, 1.807) is 0 Å². The second-order valence-corrected chi connectivity index (χ2v) is 23.6. The van der Waals surface area contributed by atoms with Crippen molar-refractivity contribution in [2.75, 3.05) is 25.6 Å². The van der Waals surface area contributed by atoms with Crippen LogP contribution in [0.25, 0.3) is 0 Å². The van der Waals surface area contributed by atoms with Gasteiger partial charge in [0.1, 0.15) is 30.9 Å². The molecule has 2 bridgehead atoms. The van der Waals surface area contributed by atoms with Crippen molar-refractivity contribution >= 4 is 33.4 Å². The molecule has 0 amide bonds. The first-order valence-electron chi connectivity index (χ1n) is 27.3. The van der Waals surface area contributed by atoms with Crippen molar-refractivity contribution in [3.8, 4) is 0 Å². The average molecular weight is 1100 g/mol. The van der Waals surface area contributed by atoms with E-state index in [-0.39, 0.29) is 25.1 Å². The van der Waals surface area contributed by atoms with Crippen LogP contribution in [0.5, 0.6) is 0 Å². The molecule has 2 aliphatic heterocycles. The fourth-order valence-electron chi connectivity index (χ4n) is 9.28. The number of nitrogens with two attached hydrogens (primary N) is 1. The molecule has 0 radical (unpaired) electrons. The van der Waals surface area contributed by atoms with E-state index in [9.17, 15) is 58.8 Å². The fraction of sp³-hybridized carbons (Fsp3) is 0.843. The number of phosphoric acid groups is 2. The quantitative estimate of drug-likeness (QED) is 0.0200. The summed E-state index contributed by atoms with van der Waals surface area (Å²) in [6.07, 6.45) is 11.0. The predicted octanol–water partition coefficient (Wildman–Crippen LogP) is 7.85. The van der Waals surface area contributed by atoms with Crippen LogP contribution >= 0.6 is 15.6 Å². The van der Waals surface area contributed by atoms with E-state index in [2.05, 4.69) is 23.1 Å². The molecule has 12 atom stereocenters. The molecule has 1 aromatic heterocycles. The van der Waals surface area contributed by atoms with E-state index in [1.165, 1.54) is 82.2 Å². The number of ether oxygens (including phenoxy) is 3. The number of phosphoric ester groups is 2. The largest absolute Gasteiger partial charge is 0.481 e. The zero-order valence-electron chi connectivity index (χ0n) is 44.2. The van der Waals surface area contributed by atoms with E-state index >= 15 is 0 Å². The Bertz CT molecular complexity index is 1930. The van der Waals surface area contributed by atoms with Crippen molar-refractivity contribution in [3.05, 3.63) is 34.9 Å². The minimum atomic E-state index is -5.69. The van der Waals surface area contributed by atoms with Gasteiger partial charge in [-0.15, -0.1) is 0 Å². The predicted molar refractivity (Wildman–Crippen MR) is 277 cm³/mol. The molecule has 2 unspecified atom stereocenters. The van der Waals surface area contributed by atoms with Crippen LogP contribution in [0.1, 0.15) is 194 Å². The normalized spacial score (nSPS) is 30.0. The standard InChI is InChI=1S/C51H91N3O18P2/c1-4-5-19-25-38(55)29-30-40-42(56)33-43(57)41-26-21-17-18-23-28-47(59)70-39(34-67-46(58)27-22-16-14-12-10-8-6-7-9-11-13-15-20-24-37(2)3)35-68-73(63,64)72-74(65,66)69-36-44(49(61)48(40)60)71-50(41)54-32-31-45(52)53-51(54)62/h29-32,37-44,48-50,55-57,60-61H,4-28,33-36H2,1-3H3,(H,63,64)(H,65,66)(H2,52,53,62)/t38-,39+,40-,41-,42+,43-,44+,48-,49+,50+/m0/s1. The van der Waals surface area contributed by atoms with Gasteiger partial charge in [-0.1, -0.05) is 155 Å². The Labute approximate surface area is 438 Å². The van der Waals surface area contributed by atoms with Crippen molar-refractivity contribution in [3.63, 3.8) is 0 Å². The summed E-state index contributed by atoms with van der Waals surface area (Å²) in [5.41, 5.74) is 4.82. The van der Waals surface area contributed by atoms with Crippen molar-refractivity contribution < 1.29 is 81.6 Å². The Morgan fingerprint density at radius 3 is 2.04 bits per heavy atom. The zero-order chi connectivity index (χ0) is 54.5. The summed E-state index contributed by atoms with van der Waals surface area (Å²) < 4.78 is 59.2. The number of nitrogens with zero attached hydrogens (tertiary/aromatic N) is 2. The summed E-state index contributed by atoms with van der Waals surface area (Å²) in [5.74, 6) is -3.18. The molecule has 74 heavy (non-hydrogen) atoms. The summed E-state index contributed by atoms with van der Waals surface area (Å²) in [5, 5.41) is 57.5. The van der Waals surface area contributed by atoms with E-state index in [4.69, 9.17) is 29.0 Å². The first-order chi connectivity index (χ1) is 35.2. The highest BCUT2D eigenvalue weighted by atomic mass is 31.3. The van der Waals surface area contributed by atoms with Crippen LogP contribution in [0, 0.1) is 17.8 Å². The van der Waals surface area contributed by atoms with E-state index in [0.29, 0.717) is 44.9 Å². The highest BCUT2D eigenvalue weighted by Crippen LogP contribution is 2.60. The molecule has 2 aliphatic rings. The smallest absolute Gasteiger partial charge is 0.462 e. The van der Waals surface area contributed by atoms with Crippen molar-refractivity contribution in [1.82, 2.24) is 9.55 Å². The third-order valence-electron chi connectivity index (χ3n) is 13.6. The van der Waals surface area contributed by atoms with Gasteiger partial charge in [-0.25, -0.2) is 13.9 Å². The molecule has 428 valence electrons. The number of nitrogen functional groups attached to an aromatic ring is 1. The first kappa shape index (κ1) is 65.7. The molecule has 3 heterocycles. The molecule has 2 fully saturated rings. The van der Waals surface area contributed by atoms with Crippen LogP contribution in [0.3, 0.4) is 0 Å². The second-order valence-electron chi connectivity index (χ2n) is 20.5. The lowest BCUT2D eigenvalue weighted by molar-refractivity contribution is -0.195. The molecule has 21 nitrogen and oxygen atoms in total. The highest BCUT2D eigenvalue weighted by Gasteiger charge is 2.45. The minimum absolute atomic E-state index is 0.0915. The van der Waals surface area contributed by atoms with Gasteiger partial charge in [0, 0.05) is 37.3 Å². The van der Waals surface area contributed by atoms with Gasteiger partial charge in [0.25, 0.3) is 0 Å². The maximum atomic E-state index is 13.4. The van der Waals surface area contributed by atoms with Gasteiger partial charge in [0.2, 0.25) is 0 Å². The van der Waals surface area contributed by atoms with Crippen molar-refractivity contribution in [2.24, 2.45) is 17.8 Å². The SMILES string of the molecule is CCCCC[C@H](O)C=C[C@@H]1[C@H](O)[C@H](O)[C@H]2COP(=O)(O)OP(=O)(O)OC[C@@H](COC(=O)CCCCCCCCCCCCCCCC(C)C)OC(=O)CCCCCC[C@H]([C@H](n3ccc(N)nc3=O)O2)[C@@H](O)C[C@H]1O. The second kappa shape index (κ2) is 35.7. The summed E-state index contributed by atoms with van der Waals surface area (Å²) in [6, 6.07) is 1.26. The molecule has 0 aliphatic carbocycles. The number of aliphatic hydroxyl groups excluding tert-OH is 5. The molecule has 3 rings (SSSR count). The van der Waals surface area contributed by atoms with Gasteiger partial charge in [0.15, 0.2) is 6.10 Å². The third-order valence-corrected chi connectivity index (χ3v) is 16.2. The molecule has 2 saturated heterocycles. The van der Waals surface area contributed by atoms with E-state index < -0.39 is 120 Å². The lowest BCUT2D eigenvalue weighted by atomic mass is 9.82. The van der Waals surface area contributed by atoms with Crippen LogP contribution in [0.4, 0.5) is 5.82 Å². The zero-order valence-corrected chi connectivity index (χ0v) is 45.9. The van der Waals surface area contributed by atoms with Crippen molar-refractivity contribution in [2.45, 2.75) is 237 Å². The number of unbranched alkanes of at least 4 members (excludes halogenated alkanes) is 14. The number of rotatable bonds is 25. The van der Waals surface area contributed by atoms with Crippen LogP contribution < -0.4 is 11.4 Å². The Balaban J connectivity index is 1.72. The number of anilines is 1. The topological polar surface area (TPSA) is 326 Å². The summed E-state index contributed by atoms with van der Waals surface area (Å²) >= 11 is 0. The Hall–Kier alpha value is -2.62. The van der Waals surface area contributed by atoms with Crippen LogP contribution in [0.15, 0.2) is 29.2 Å². The minimum Gasteiger partial charge on any atom is -0.462 e. The van der Waals surface area contributed by atoms with E-state index in [0.717, 1.165) is 49.0 Å². The van der Waals surface area contributed by atoms with Crippen molar-refractivity contribution in [1.29, 1.82) is 0 Å². The number of aliphatic hydroxyl groups is 5. The van der Waals surface area contributed by atoms with Gasteiger partial charge in [-0.2, -0.15) is 9.29 Å². The summed E-state index contributed by atoms with van der Waals surface area (Å²) in [6.45, 7) is 3.88. The molecule has 9 N–H and O–H groups in total. The fourth-order valence-corrected chi connectivity index (χ4v) is 11.4. The van der Waals surface area contributed by atoms with Gasteiger partial charge in [-0.3, -0.25) is 23.2 Å². The maximum absolute atomic E-state index is 13.4. The molecular weight excluding hydrogens is 1000 g/mol. The number of hydrogen-bond acceptors (Lipinski definition) is 18. The van der Waals surface area contributed by atoms with Gasteiger partial charge in [-0.05, 0) is 37.7 Å². The molecule has 0 saturated carbocycles. The Morgan fingerprint density at radius 1 is 0.824 bits per heavy atom. The molecule has 1 aromatic rings. The van der Waals surface area contributed by atoms with Crippen LogP contribution in [-0.4, -0.2) is 119 Å². The molecule has 0 spiro atoms. The lowest BCUT2D eigenvalue weighted by Crippen LogP contribution is -2.52. The number of cyclic esters (lactones) is 1. The number of aromatic nitrogens is 2. The van der Waals surface area contributed by atoms with Gasteiger partial charge >= 0.3 is 33.3 Å².